The minimum absolute atomic E-state index is 0.237. The molecule has 1 aliphatic carbocycles. The average molecular weight is 440 g/mol. The normalized spacial score (nSPS) is 18.8. The second-order valence-corrected chi connectivity index (χ2v) is 8.89. The van der Waals surface area contributed by atoms with Crippen LogP contribution < -0.4 is 15.4 Å². The Morgan fingerprint density at radius 2 is 1.91 bits per heavy atom. The standard InChI is InChI=1S/C24H37N7O/c1-18-28-29-23(30(18)2)17-26-24(27-19-10-4-5-11-19)25-16-21(31-14-8-9-15-31)20-12-6-7-13-22(20)32-3/h6-7,12-13,19,21H,4-5,8-11,14-17H2,1-3H3,(H2,25,26,27). The predicted molar refractivity (Wildman–Crippen MR) is 127 cm³/mol. The van der Waals surface area contributed by atoms with Crippen LogP contribution in [0.25, 0.3) is 0 Å². The van der Waals surface area contributed by atoms with E-state index < -0.39 is 0 Å². The van der Waals surface area contributed by atoms with Crippen LogP contribution in [0.4, 0.5) is 0 Å². The summed E-state index contributed by atoms with van der Waals surface area (Å²) < 4.78 is 7.70. The lowest BCUT2D eigenvalue weighted by Crippen LogP contribution is -2.45. The predicted octanol–water partition coefficient (Wildman–Crippen LogP) is 2.95. The Labute approximate surface area is 191 Å². The fraction of sp³-hybridized carbons (Fsp3) is 0.625. The lowest BCUT2D eigenvalue weighted by molar-refractivity contribution is 0.239. The maximum absolute atomic E-state index is 5.70. The first-order valence-corrected chi connectivity index (χ1v) is 11.9. The summed E-state index contributed by atoms with van der Waals surface area (Å²) in [6.45, 7) is 5.47. The summed E-state index contributed by atoms with van der Waals surface area (Å²) >= 11 is 0. The van der Waals surface area contributed by atoms with Crippen molar-refractivity contribution < 1.29 is 4.74 Å². The third kappa shape index (κ3) is 5.41. The summed E-state index contributed by atoms with van der Waals surface area (Å²) in [6.07, 6.45) is 7.46. The van der Waals surface area contributed by atoms with E-state index >= 15 is 0 Å². The number of rotatable bonds is 8. The van der Waals surface area contributed by atoms with Gasteiger partial charge in [-0.15, -0.1) is 10.2 Å². The zero-order chi connectivity index (χ0) is 22.3. The van der Waals surface area contributed by atoms with Gasteiger partial charge in [-0.25, -0.2) is 4.99 Å². The van der Waals surface area contributed by atoms with Crippen molar-refractivity contribution in [3.63, 3.8) is 0 Å². The van der Waals surface area contributed by atoms with Crippen LogP contribution in [0, 0.1) is 6.92 Å². The molecule has 1 aromatic heterocycles. The van der Waals surface area contributed by atoms with Crippen LogP contribution in [-0.4, -0.2) is 58.4 Å². The number of aryl methyl sites for hydroxylation is 1. The maximum atomic E-state index is 5.70. The Hall–Kier alpha value is -2.61. The molecule has 2 N–H and O–H groups in total. The number of aromatic nitrogens is 3. The van der Waals surface area contributed by atoms with Gasteiger partial charge in [0.25, 0.3) is 0 Å². The quantitative estimate of drug-likeness (QED) is 0.486. The number of para-hydroxylation sites is 1. The molecule has 2 aliphatic rings. The van der Waals surface area contributed by atoms with E-state index in [1.165, 1.54) is 44.1 Å². The summed E-state index contributed by atoms with van der Waals surface area (Å²) in [7, 11) is 3.74. The number of nitrogens with zero attached hydrogens (tertiary/aromatic N) is 5. The van der Waals surface area contributed by atoms with Gasteiger partial charge in [0, 0.05) is 25.2 Å². The molecule has 1 aromatic carbocycles. The average Bonchev–Trinajstić information content (AvgIpc) is 3.58. The molecule has 4 rings (SSSR count). The van der Waals surface area contributed by atoms with E-state index in [9.17, 15) is 0 Å². The first-order valence-electron chi connectivity index (χ1n) is 11.9. The smallest absolute Gasteiger partial charge is 0.191 e. The molecule has 0 amide bonds. The van der Waals surface area contributed by atoms with Crippen molar-refractivity contribution in [3.05, 3.63) is 41.5 Å². The van der Waals surface area contributed by atoms with Gasteiger partial charge in [0.1, 0.15) is 18.1 Å². The van der Waals surface area contributed by atoms with Crippen molar-refractivity contribution >= 4 is 5.96 Å². The third-order valence-corrected chi connectivity index (χ3v) is 6.80. The SMILES string of the molecule is COc1ccccc1C(CNC(=NCc1nnc(C)n1C)NC1CCCC1)N1CCCC1. The number of likely N-dealkylation sites (tertiary alicyclic amines) is 1. The van der Waals surface area contributed by atoms with Crippen molar-refractivity contribution in [2.45, 2.75) is 64.1 Å². The van der Waals surface area contributed by atoms with Crippen molar-refractivity contribution in [1.82, 2.24) is 30.3 Å². The third-order valence-electron chi connectivity index (χ3n) is 6.80. The van der Waals surface area contributed by atoms with E-state index in [-0.39, 0.29) is 6.04 Å². The molecule has 32 heavy (non-hydrogen) atoms. The Bertz CT molecular complexity index is 898. The molecular formula is C24H37N7O. The van der Waals surface area contributed by atoms with Gasteiger partial charge in [0.15, 0.2) is 11.8 Å². The molecule has 1 atom stereocenters. The number of hydrogen-bond acceptors (Lipinski definition) is 5. The summed E-state index contributed by atoms with van der Waals surface area (Å²) in [6, 6.07) is 9.10. The molecule has 174 valence electrons. The zero-order valence-electron chi connectivity index (χ0n) is 19.7. The lowest BCUT2D eigenvalue weighted by atomic mass is 10.0. The highest BCUT2D eigenvalue weighted by atomic mass is 16.5. The van der Waals surface area contributed by atoms with Crippen molar-refractivity contribution in [3.8, 4) is 5.75 Å². The number of nitrogens with one attached hydrogen (secondary N) is 2. The van der Waals surface area contributed by atoms with E-state index in [4.69, 9.17) is 9.73 Å². The zero-order valence-corrected chi connectivity index (χ0v) is 19.7. The Balaban J connectivity index is 1.52. The minimum atomic E-state index is 0.237. The first-order chi connectivity index (χ1) is 15.7. The Morgan fingerprint density at radius 3 is 2.59 bits per heavy atom. The molecule has 2 fully saturated rings. The molecule has 1 unspecified atom stereocenters. The van der Waals surface area contributed by atoms with Crippen LogP contribution >= 0.6 is 0 Å². The molecule has 8 heteroatoms. The van der Waals surface area contributed by atoms with Gasteiger partial charge in [-0.3, -0.25) is 4.90 Å². The fourth-order valence-electron chi connectivity index (χ4n) is 4.78. The summed E-state index contributed by atoms with van der Waals surface area (Å²) in [5.41, 5.74) is 1.23. The van der Waals surface area contributed by atoms with Crippen molar-refractivity contribution in [2.75, 3.05) is 26.7 Å². The van der Waals surface area contributed by atoms with E-state index in [1.807, 2.05) is 24.6 Å². The van der Waals surface area contributed by atoms with E-state index in [0.717, 1.165) is 43.0 Å². The highest BCUT2D eigenvalue weighted by Gasteiger charge is 2.26. The van der Waals surface area contributed by atoms with Gasteiger partial charge in [-0.1, -0.05) is 31.0 Å². The Kier molecular flexibility index (Phi) is 7.63. The molecule has 0 bridgehead atoms. The van der Waals surface area contributed by atoms with Crippen molar-refractivity contribution in [1.29, 1.82) is 0 Å². The van der Waals surface area contributed by atoms with Crippen LogP contribution in [0.15, 0.2) is 29.3 Å². The van der Waals surface area contributed by atoms with Gasteiger partial charge in [-0.05, 0) is 51.8 Å². The van der Waals surface area contributed by atoms with E-state index in [0.29, 0.717) is 12.6 Å². The fourth-order valence-corrected chi connectivity index (χ4v) is 4.78. The highest BCUT2D eigenvalue weighted by molar-refractivity contribution is 5.80. The van der Waals surface area contributed by atoms with Crippen LogP contribution in [-0.2, 0) is 13.6 Å². The van der Waals surface area contributed by atoms with E-state index in [1.54, 1.807) is 7.11 Å². The summed E-state index contributed by atoms with van der Waals surface area (Å²) in [5.74, 6) is 3.58. The highest BCUT2D eigenvalue weighted by Crippen LogP contribution is 2.31. The topological polar surface area (TPSA) is 79.6 Å². The van der Waals surface area contributed by atoms with Gasteiger partial charge < -0.3 is 19.9 Å². The second kappa shape index (κ2) is 10.8. The monoisotopic (exact) mass is 439 g/mol. The molecular weight excluding hydrogens is 402 g/mol. The van der Waals surface area contributed by atoms with Crippen LogP contribution in [0.3, 0.4) is 0 Å². The second-order valence-electron chi connectivity index (χ2n) is 8.89. The molecule has 2 heterocycles. The van der Waals surface area contributed by atoms with Gasteiger partial charge in [0.05, 0.1) is 13.2 Å². The van der Waals surface area contributed by atoms with E-state index in [2.05, 4.69) is 43.9 Å². The number of hydrogen-bond donors (Lipinski definition) is 2. The van der Waals surface area contributed by atoms with Crippen LogP contribution in [0.5, 0.6) is 5.75 Å². The van der Waals surface area contributed by atoms with Gasteiger partial charge >= 0.3 is 0 Å². The molecule has 1 aliphatic heterocycles. The molecule has 0 radical (unpaired) electrons. The molecule has 1 saturated heterocycles. The molecule has 2 aromatic rings. The number of benzene rings is 1. The summed E-state index contributed by atoms with van der Waals surface area (Å²) in [4.78, 5) is 7.45. The van der Waals surface area contributed by atoms with Crippen LogP contribution in [0.2, 0.25) is 0 Å². The van der Waals surface area contributed by atoms with Crippen molar-refractivity contribution in [2.24, 2.45) is 12.0 Å². The van der Waals surface area contributed by atoms with Gasteiger partial charge in [0.2, 0.25) is 0 Å². The summed E-state index contributed by atoms with van der Waals surface area (Å²) in [5, 5.41) is 15.8. The molecule has 0 spiro atoms. The van der Waals surface area contributed by atoms with Crippen LogP contribution in [0.1, 0.15) is 61.8 Å². The number of guanidine groups is 1. The Morgan fingerprint density at radius 1 is 1.16 bits per heavy atom. The first kappa shape index (κ1) is 22.6. The van der Waals surface area contributed by atoms with Gasteiger partial charge in [-0.2, -0.15) is 0 Å². The minimum Gasteiger partial charge on any atom is -0.496 e. The largest absolute Gasteiger partial charge is 0.496 e. The molecule has 1 saturated carbocycles. The number of ether oxygens (including phenoxy) is 1. The maximum Gasteiger partial charge on any atom is 0.191 e. The number of methoxy groups -OCH3 is 1. The number of aliphatic imine (C=N–C) groups is 1. The molecule has 8 nitrogen and oxygen atoms in total. The lowest BCUT2D eigenvalue weighted by Gasteiger charge is -2.30.